The van der Waals surface area contributed by atoms with Gasteiger partial charge in [-0.1, -0.05) is 27.5 Å². The average Bonchev–Trinajstić information content (AvgIpc) is 2.08. The monoisotopic (exact) mass is 250 g/mol. The summed E-state index contributed by atoms with van der Waals surface area (Å²) in [5.74, 6) is 0.359. The number of hydrogen-bond acceptors (Lipinski definition) is 2. The molecule has 0 spiro atoms. The summed E-state index contributed by atoms with van der Waals surface area (Å²) in [5.41, 5.74) is 0.801. The van der Waals surface area contributed by atoms with Gasteiger partial charge in [-0.3, -0.25) is 0 Å². The van der Waals surface area contributed by atoms with Gasteiger partial charge in [0.15, 0.2) is 11.5 Å². The smallest absolute Gasteiger partial charge is 0.177 e. The van der Waals surface area contributed by atoms with E-state index in [2.05, 4.69) is 15.9 Å². The van der Waals surface area contributed by atoms with Crippen LogP contribution < -0.4 is 4.74 Å². The lowest BCUT2D eigenvalue weighted by atomic mass is 10.2. The van der Waals surface area contributed by atoms with E-state index < -0.39 is 0 Å². The maximum absolute atomic E-state index is 9.43. The molecule has 0 saturated carbocycles. The number of rotatable bonds is 1. The van der Waals surface area contributed by atoms with Crippen LogP contribution in [0.5, 0.6) is 11.5 Å². The van der Waals surface area contributed by atoms with Crippen molar-refractivity contribution in [1.29, 1.82) is 0 Å². The van der Waals surface area contributed by atoms with E-state index in [0.717, 1.165) is 10.0 Å². The zero-order valence-corrected chi connectivity index (χ0v) is 9.03. The molecule has 0 radical (unpaired) electrons. The highest BCUT2D eigenvalue weighted by Crippen LogP contribution is 2.39. The van der Waals surface area contributed by atoms with Crippen LogP contribution in [0, 0.1) is 6.92 Å². The van der Waals surface area contributed by atoms with Crippen LogP contribution in [-0.2, 0) is 0 Å². The molecule has 0 aromatic heterocycles. The highest BCUT2D eigenvalue weighted by Gasteiger charge is 2.11. The molecular formula is C8H8BrClO2. The summed E-state index contributed by atoms with van der Waals surface area (Å²) in [6.07, 6.45) is 0. The van der Waals surface area contributed by atoms with Crippen molar-refractivity contribution in [1.82, 2.24) is 0 Å². The third-order valence-electron chi connectivity index (χ3n) is 1.61. The number of methoxy groups -OCH3 is 1. The van der Waals surface area contributed by atoms with E-state index in [-0.39, 0.29) is 5.75 Å². The average molecular weight is 252 g/mol. The van der Waals surface area contributed by atoms with E-state index in [9.17, 15) is 5.11 Å². The molecule has 0 unspecified atom stereocenters. The van der Waals surface area contributed by atoms with Crippen molar-refractivity contribution in [2.75, 3.05) is 7.11 Å². The highest BCUT2D eigenvalue weighted by molar-refractivity contribution is 9.10. The largest absolute Gasteiger partial charge is 0.503 e. The normalized spacial score (nSPS) is 10.0. The van der Waals surface area contributed by atoms with Crippen LogP contribution >= 0.6 is 27.5 Å². The molecule has 1 N–H and O–H groups in total. The number of phenolic OH excluding ortho intramolecular Hbond substituents is 1. The predicted molar refractivity (Wildman–Crippen MR) is 52.1 cm³/mol. The molecule has 0 aliphatic rings. The lowest BCUT2D eigenvalue weighted by molar-refractivity contribution is 0.373. The Morgan fingerprint density at radius 1 is 1.58 bits per heavy atom. The molecule has 0 atom stereocenters. The Morgan fingerprint density at radius 3 is 2.67 bits per heavy atom. The third-order valence-corrected chi connectivity index (χ3v) is 2.89. The first-order valence-electron chi connectivity index (χ1n) is 3.29. The SMILES string of the molecule is COc1cc(Br)c(C)c(Cl)c1O. The lowest BCUT2D eigenvalue weighted by Crippen LogP contribution is -1.87. The Balaban J connectivity index is 3.39. The van der Waals surface area contributed by atoms with Gasteiger partial charge in [0, 0.05) is 4.47 Å². The van der Waals surface area contributed by atoms with Crippen LogP contribution in [-0.4, -0.2) is 12.2 Å². The van der Waals surface area contributed by atoms with Gasteiger partial charge in [-0.15, -0.1) is 0 Å². The minimum Gasteiger partial charge on any atom is -0.503 e. The second-order valence-corrected chi connectivity index (χ2v) is 3.58. The van der Waals surface area contributed by atoms with E-state index in [1.165, 1.54) is 7.11 Å². The zero-order valence-electron chi connectivity index (χ0n) is 6.69. The Labute approximate surface area is 84.2 Å². The second kappa shape index (κ2) is 3.54. The van der Waals surface area contributed by atoms with E-state index in [4.69, 9.17) is 16.3 Å². The van der Waals surface area contributed by atoms with Crippen LogP contribution in [0.3, 0.4) is 0 Å². The van der Waals surface area contributed by atoms with Crippen molar-refractivity contribution in [3.63, 3.8) is 0 Å². The molecular weight excluding hydrogens is 243 g/mol. The fourth-order valence-corrected chi connectivity index (χ4v) is 1.55. The Morgan fingerprint density at radius 2 is 2.17 bits per heavy atom. The number of halogens is 2. The van der Waals surface area contributed by atoms with Gasteiger partial charge in [0.25, 0.3) is 0 Å². The highest BCUT2D eigenvalue weighted by atomic mass is 79.9. The van der Waals surface area contributed by atoms with Gasteiger partial charge in [-0.05, 0) is 18.6 Å². The maximum Gasteiger partial charge on any atom is 0.177 e. The van der Waals surface area contributed by atoms with Gasteiger partial charge in [0.2, 0.25) is 0 Å². The van der Waals surface area contributed by atoms with E-state index in [1.807, 2.05) is 6.92 Å². The first-order chi connectivity index (χ1) is 5.57. The van der Waals surface area contributed by atoms with Crippen molar-refractivity contribution in [2.45, 2.75) is 6.92 Å². The van der Waals surface area contributed by atoms with Gasteiger partial charge in [-0.25, -0.2) is 0 Å². The number of hydrogen-bond donors (Lipinski definition) is 1. The summed E-state index contributed by atoms with van der Waals surface area (Å²) in [7, 11) is 1.48. The fraction of sp³-hybridized carbons (Fsp3) is 0.250. The summed E-state index contributed by atoms with van der Waals surface area (Å²) in [5, 5.41) is 9.75. The van der Waals surface area contributed by atoms with E-state index >= 15 is 0 Å². The van der Waals surface area contributed by atoms with Crippen LogP contribution in [0.15, 0.2) is 10.5 Å². The van der Waals surface area contributed by atoms with Crippen LogP contribution in [0.1, 0.15) is 5.56 Å². The Bertz CT molecular complexity index is 312. The number of aromatic hydroxyl groups is 1. The van der Waals surface area contributed by atoms with Gasteiger partial charge >= 0.3 is 0 Å². The first kappa shape index (κ1) is 9.68. The topological polar surface area (TPSA) is 29.5 Å². The summed E-state index contributed by atoms with van der Waals surface area (Å²) in [6, 6.07) is 1.68. The van der Waals surface area contributed by atoms with E-state index in [1.54, 1.807) is 6.07 Å². The molecule has 0 aliphatic carbocycles. The molecule has 1 aromatic carbocycles. The fourth-order valence-electron chi connectivity index (χ4n) is 0.838. The molecule has 0 heterocycles. The Kier molecular flexibility index (Phi) is 2.85. The molecule has 1 aromatic rings. The van der Waals surface area contributed by atoms with Gasteiger partial charge < -0.3 is 9.84 Å². The Hall–Kier alpha value is -0.410. The predicted octanol–water partition coefficient (Wildman–Crippen LogP) is 3.13. The van der Waals surface area contributed by atoms with Crippen LogP contribution in [0.2, 0.25) is 5.02 Å². The molecule has 12 heavy (non-hydrogen) atoms. The molecule has 0 fully saturated rings. The molecule has 66 valence electrons. The lowest BCUT2D eigenvalue weighted by Gasteiger charge is -2.08. The standard InChI is InChI=1S/C8H8BrClO2/c1-4-5(9)3-6(12-2)8(11)7(4)10/h3,11H,1-2H3. The zero-order chi connectivity index (χ0) is 9.30. The first-order valence-corrected chi connectivity index (χ1v) is 4.46. The molecule has 0 bridgehead atoms. The summed E-state index contributed by atoms with van der Waals surface area (Å²) in [6.45, 7) is 1.81. The number of ether oxygens (including phenoxy) is 1. The second-order valence-electron chi connectivity index (χ2n) is 2.35. The van der Waals surface area contributed by atoms with Gasteiger partial charge in [-0.2, -0.15) is 0 Å². The van der Waals surface area contributed by atoms with E-state index in [0.29, 0.717) is 10.8 Å². The quantitative estimate of drug-likeness (QED) is 0.831. The number of phenols is 1. The van der Waals surface area contributed by atoms with Crippen molar-refractivity contribution in [3.05, 3.63) is 21.1 Å². The van der Waals surface area contributed by atoms with Crippen molar-refractivity contribution in [2.24, 2.45) is 0 Å². The maximum atomic E-state index is 9.43. The third kappa shape index (κ3) is 1.52. The molecule has 0 amide bonds. The minimum absolute atomic E-state index is 0.0140. The summed E-state index contributed by atoms with van der Waals surface area (Å²) >= 11 is 9.10. The van der Waals surface area contributed by atoms with Crippen LogP contribution in [0.25, 0.3) is 0 Å². The molecule has 0 saturated heterocycles. The summed E-state index contributed by atoms with van der Waals surface area (Å²) < 4.78 is 5.72. The number of benzene rings is 1. The van der Waals surface area contributed by atoms with Crippen molar-refractivity contribution >= 4 is 27.5 Å². The van der Waals surface area contributed by atoms with Crippen LogP contribution in [0.4, 0.5) is 0 Å². The van der Waals surface area contributed by atoms with Gasteiger partial charge in [0.1, 0.15) is 0 Å². The molecule has 4 heteroatoms. The molecule has 0 aliphatic heterocycles. The molecule has 1 rings (SSSR count). The molecule has 2 nitrogen and oxygen atoms in total. The van der Waals surface area contributed by atoms with Crippen molar-refractivity contribution < 1.29 is 9.84 Å². The van der Waals surface area contributed by atoms with Crippen molar-refractivity contribution in [3.8, 4) is 11.5 Å². The summed E-state index contributed by atoms with van der Waals surface area (Å²) in [4.78, 5) is 0. The van der Waals surface area contributed by atoms with Gasteiger partial charge in [0.05, 0.1) is 12.1 Å². The minimum atomic E-state index is -0.0140.